The highest BCUT2D eigenvalue weighted by Crippen LogP contribution is 2.32. The molecule has 138 valence electrons. The maximum Gasteiger partial charge on any atom is 0.294 e. The Morgan fingerprint density at radius 2 is 1.93 bits per heavy atom. The molecule has 0 aromatic heterocycles. The molecule has 3 rings (SSSR count). The van der Waals surface area contributed by atoms with Gasteiger partial charge in [-0.1, -0.05) is 35.9 Å². The standard InChI is InChI=1S/C20H17FN2O3S/c1-12-7-8-16(13(2)9-12)22-18(24)11-23-19(25)17(27-20(23)26)10-14-5-3-4-6-15(14)21/h3-10H,11H2,1-2H3,(H,22,24)/b17-10+. The van der Waals surface area contributed by atoms with Crippen LogP contribution in [0.15, 0.2) is 47.4 Å². The zero-order chi connectivity index (χ0) is 19.6. The summed E-state index contributed by atoms with van der Waals surface area (Å²) in [6, 6.07) is 11.5. The van der Waals surface area contributed by atoms with Gasteiger partial charge >= 0.3 is 0 Å². The van der Waals surface area contributed by atoms with Crippen LogP contribution in [0.1, 0.15) is 16.7 Å². The van der Waals surface area contributed by atoms with E-state index in [1.165, 1.54) is 24.3 Å². The topological polar surface area (TPSA) is 66.5 Å². The maximum atomic E-state index is 13.8. The van der Waals surface area contributed by atoms with E-state index in [-0.39, 0.29) is 10.5 Å². The van der Waals surface area contributed by atoms with Crippen molar-refractivity contribution in [3.05, 3.63) is 69.9 Å². The first-order valence-electron chi connectivity index (χ1n) is 8.22. The predicted molar refractivity (Wildman–Crippen MR) is 104 cm³/mol. The third-order valence-electron chi connectivity index (χ3n) is 4.02. The molecule has 0 saturated carbocycles. The first kappa shape index (κ1) is 18.8. The van der Waals surface area contributed by atoms with Crippen LogP contribution < -0.4 is 5.32 Å². The fraction of sp³-hybridized carbons (Fsp3) is 0.150. The van der Waals surface area contributed by atoms with Crippen LogP contribution >= 0.6 is 11.8 Å². The summed E-state index contributed by atoms with van der Waals surface area (Å²) in [6.07, 6.45) is 1.32. The van der Waals surface area contributed by atoms with Gasteiger partial charge in [-0.3, -0.25) is 19.3 Å². The van der Waals surface area contributed by atoms with Crippen molar-refractivity contribution in [1.82, 2.24) is 4.90 Å². The van der Waals surface area contributed by atoms with Gasteiger partial charge in [0.2, 0.25) is 5.91 Å². The highest BCUT2D eigenvalue weighted by atomic mass is 32.2. The molecule has 1 heterocycles. The van der Waals surface area contributed by atoms with Gasteiger partial charge in [0.25, 0.3) is 11.1 Å². The average Bonchev–Trinajstić information content (AvgIpc) is 2.87. The highest BCUT2D eigenvalue weighted by molar-refractivity contribution is 8.18. The second kappa shape index (κ2) is 7.75. The molecule has 1 saturated heterocycles. The molecule has 0 radical (unpaired) electrons. The number of halogens is 1. The maximum absolute atomic E-state index is 13.8. The number of aryl methyl sites for hydroxylation is 2. The summed E-state index contributed by atoms with van der Waals surface area (Å²) in [5.41, 5.74) is 2.79. The molecule has 0 unspecified atom stereocenters. The summed E-state index contributed by atoms with van der Waals surface area (Å²) >= 11 is 0.691. The monoisotopic (exact) mass is 384 g/mol. The molecule has 0 aliphatic carbocycles. The van der Waals surface area contributed by atoms with Crippen molar-refractivity contribution in [2.45, 2.75) is 13.8 Å². The zero-order valence-electron chi connectivity index (χ0n) is 14.8. The van der Waals surface area contributed by atoms with E-state index in [1.807, 2.05) is 26.0 Å². The van der Waals surface area contributed by atoms with E-state index in [4.69, 9.17) is 0 Å². The van der Waals surface area contributed by atoms with Crippen molar-refractivity contribution in [3.8, 4) is 0 Å². The zero-order valence-corrected chi connectivity index (χ0v) is 15.6. The molecular formula is C20H17FN2O3S. The van der Waals surface area contributed by atoms with Gasteiger partial charge in [0, 0.05) is 11.3 Å². The van der Waals surface area contributed by atoms with Crippen LogP contribution in [-0.2, 0) is 9.59 Å². The smallest absolute Gasteiger partial charge is 0.294 e. The lowest BCUT2D eigenvalue weighted by atomic mass is 10.1. The van der Waals surface area contributed by atoms with Crippen molar-refractivity contribution in [2.24, 2.45) is 0 Å². The number of rotatable bonds is 4. The summed E-state index contributed by atoms with van der Waals surface area (Å²) in [5, 5.41) is 2.15. The van der Waals surface area contributed by atoms with Gasteiger partial charge < -0.3 is 5.32 Å². The molecule has 2 aromatic carbocycles. The van der Waals surface area contributed by atoms with Gasteiger partial charge in [-0.15, -0.1) is 0 Å². The van der Waals surface area contributed by atoms with Crippen LogP contribution in [0.2, 0.25) is 0 Å². The molecule has 5 nitrogen and oxygen atoms in total. The van der Waals surface area contributed by atoms with Crippen LogP contribution in [-0.4, -0.2) is 28.5 Å². The Balaban J connectivity index is 1.72. The van der Waals surface area contributed by atoms with E-state index in [1.54, 1.807) is 12.1 Å². The van der Waals surface area contributed by atoms with Gasteiger partial charge in [0.1, 0.15) is 12.4 Å². The molecule has 1 fully saturated rings. The summed E-state index contributed by atoms with van der Waals surface area (Å²) < 4.78 is 13.8. The highest BCUT2D eigenvalue weighted by Gasteiger charge is 2.36. The average molecular weight is 384 g/mol. The molecule has 0 bridgehead atoms. The Morgan fingerprint density at radius 3 is 2.63 bits per heavy atom. The summed E-state index contributed by atoms with van der Waals surface area (Å²) in [6.45, 7) is 3.41. The number of hydrogen-bond donors (Lipinski definition) is 1. The number of imide groups is 1. The fourth-order valence-electron chi connectivity index (χ4n) is 2.66. The van der Waals surface area contributed by atoms with Crippen molar-refractivity contribution < 1.29 is 18.8 Å². The number of carbonyl (C=O) groups is 3. The predicted octanol–water partition coefficient (Wildman–Crippen LogP) is 4.12. The fourth-order valence-corrected chi connectivity index (χ4v) is 3.49. The van der Waals surface area contributed by atoms with Crippen molar-refractivity contribution >= 4 is 40.6 Å². The number of anilines is 1. The number of thioether (sulfide) groups is 1. The van der Waals surface area contributed by atoms with Gasteiger partial charge in [-0.25, -0.2) is 4.39 Å². The molecule has 2 aromatic rings. The molecule has 1 aliphatic heterocycles. The number of nitrogens with one attached hydrogen (secondary N) is 1. The molecule has 27 heavy (non-hydrogen) atoms. The minimum Gasteiger partial charge on any atom is -0.324 e. The van der Waals surface area contributed by atoms with Crippen molar-refractivity contribution in [2.75, 3.05) is 11.9 Å². The SMILES string of the molecule is Cc1ccc(NC(=O)CN2C(=O)S/C(=C/c3ccccc3F)C2=O)c(C)c1. The number of benzene rings is 2. The van der Waals surface area contributed by atoms with E-state index in [9.17, 15) is 18.8 Å². The van der Waals surface area contributed by atoms with Gasteiger partial charge in [-0.05, 0) is 49.4 Å². The molecular weight excluding hydrogens is 367 g/mol. The third kappa shape index (κ3) is 4.25. The van der Waals surface area contributed by atoms with E-state index < -0.39 is 29.4 Å². The quantitative estimate of drug-likeness (QED) is 0.806. The summed E-state index contributed by atoms with van der Waals surface area (Å²) in [7, 11) is 0. The first-order valence-corrected chi connectivity index (χ1v) is 9.04. The largest absolute Gasteiger partial charge is 0.324 e. The molecule has 3 amide bonds. The minimum absolute atomic E-state index is 0.0874. The Labute approximate surface area is 160 Å². The van der Waals surface area contributed by atoms with Crippen molar-refractivity contribution in [1.29, 1.82) is 0 Å². The Hall–Kier alpha value is -2.93. The molecule has 1 N–H and O–H groups in total. The van der Waals surface area contributed by atoms with Crippen LogP contribution in [0.3, 0.4) is 0 Å². The van der Waals surface area contributed by atoms with Gasteiger partial charge in [-0.2, -0.15) is 0 Å². The summed E-state index contributed by atoms with van der Waals surface area (Å²) in [5.74, 6) is -1.57. The second-order valence-corrected chi connectivity index (χ2v) is 7.15. The first-order chi connectivity index (χ1) is 12.8. The number of hydrogen-bond acceptors (Lipinski definition) is 4. The van der Waals surface area contributed by atoms with E-state index in [0.717, 1.165) is 16.0 Å². The second-order valence-electron chi connectivity index (χ2n) is 6.16. The van der Waals surface area contributed by atoms with Crippen molar-refractivity contribution in [3.63, 3.8) is 0 Å². The van der Waals surface area contributed by atoms with E-state index in [0.29, 0.717) is 17.4 Å². The van der Waals surface area contributed by atoms with Crippen LogP contribution in [0.4, 0.5) is 14.9 Å². The van der Waals surface area contributed by atoms with Crippen LogP contribution in [0, 0.1) is 19.7 Å². The van der Waals surface area contributed by atoms with Crippen LogP contribution in [0.5, 0.6) is 0 Å². The minimum atomic E-state index is -0.607. The van der Waals surface area contributed by atoms with E-state index >= 15 is 0 Å². The number of nitrogens with zero attached hydrogens (tertiary/aromatic N) is 1. The number of carbonyl (C=O) groups excluding carboxylic acids is 3. The lowest BCUT2D eigenvalue weighted by Crippen LogP contribution is -2.36. The molecule has 0 atom stereocenters. The Morgan fingerprint density at radius 1 is 1.19 bits per heavy atom. The Kier molecular flexibility index (Phi) is 5.41. The van der Waals surface area contributed by atoms with Crippen LogP contribution in [0.25, 0.3) is 6.08 Å². The van der Waals surface area contributed by atoms with E-state index in [2.05, 4.69) is 5.32 Å². The number of amides is 3. The van der Waals surface area contributed by atoms with Gasteiger partial charge in [0.15, 0.2) is 0 Å². The lowest BCUT2D eigenvalue weighted by molar-refractivity contribution is -0.127. The normalized spacial score (nSPS) is 15.5. The molecule has 0 spiro atoms. The van der Waals surface area contributed by atoms with Gasteiger partial charge in [0.05, 0.1) is 4.91 Å². The Bertz CT molecular complexity index is 971. The molecule has 1 aliphatic rings. The molecule has 7 heteroatoms. The lowest BCUT2D eigenvalue weighted by Gasteiger charge is -2.14. The summed E-state index contributed by atoms with van der Waals surface area (Å²) in [4.78, 5) is 37.8. The third-order valence-corrected chi connectivity index (χ3v) is 4.93.